The highest BCUT2D eigenvalue weighted by Gasteiger charge is 2.28. The van der Waals surface area contributed by atoms with Gasteiger partial charge in [-0.15, -0.1) is 11.3 Å². The molecule has 1 aliphatic rings. The van der Waals surface area contributed by atoms with Crippen LogP contribution in [-0.4, -0.2) is 11.0 Å². The highest BCUT2D eigenvalue weighted by Crippen LogP contribution is 2.33. The van der Waals surface area contributed by atoms with Crippen LogP contribution in [0, 0.1) is 18.8 Å². The second-order valence-corrected chi connectivity index (χ2v) is 5.98. The third kappa shape index (κ3) is 2.81. The Morgan fingerprint density at radius 1 is 1.62 bits per heavy atom. The van der Waals surface area contributed by atoms with Gasteiger partial charge in [-0.3, -0.25) is 11.3 Å². The summed E-state index contributed by atoms with van der Waals surface area (Å²) in [5.74, 6) is 7.27. The van der Waals surface area contributed by atoms with E-state index in [-0.39, 0.29) is 0 Å². The standard InChI is InChI=1S/C12H21N3S/c1-8-3-4-10(5-8)11(15-13)6-12-14-9(2)7-16-12/h7-8,10-11,15H,3-6,13H2,1-2H3. The lowest BCUT2D eigenvalue weighted by atomic mass is 9.95. The molecule has 0 bridgehead atoms. The number of aromatic nitrogens is 1. The van der Waals surface area contributed by atoms with Crippen LogP contribution in [0.1, 0.15) is 36.9 Å². The number of nitrogens with one attached hydrogen (secondary N) is 1. The van der Waals surface area contributed by atoms with Crippen molar-refractivity contribution in [3.63, 3.8) is 0 Å². The smallest absolute Gasteiger partial charge is 0.0944 e. The summed E-state index contributed by atoms with van der Waals surface area (Å²) in [5.41, 5.74) is 4.11. The zero-order chi connectivity index (χ0) is 11.5. The maximum atomic E-state index is 5.68. The van der Waals surface area contributed by atoms with Gasteiger partial charge >= 0.3 is 0 Å². The zero-order valence-electron chi connectivity index (χ0n) is 10.1. The first kappa shape index (κ1) is 12.0. The first-order valence-corrected chi connectivity index (χ1v) is 6.94. The van der Waals surface area contributed by atoms with Crippen molar-refractivity contribution >= 4 is 11.3 Å². The van der Waals surface area contributed by atoms with Crippen molar-refractivity contribution in [2.24, 2.45) is 17.7 Å². The molecule has 4 heteroatoms. The Kier molecular flexibility index (Phi) is 3.95. The van der Waals surface area contributed by atoms with Gasteiger partial charge in [-0.1, -0.05) is 13.3 Å². The van der Waals surface area contributed by atoms with Crippen molar-refractivity contribution < 1.29 is 0 Å². The zero-order valence-corrected chi connectivity index (χ0v) is 10.9. The fraction of sp³-hybridized carbons (Fsp3) is 0.750. The van der Waals surface area contributed by atoms with Gasteiger partial charge in [-0.2, -0.15) is 0 Å². The predicted molar refractivity (Wildman–Crippen MR) is 68.2 cm³/mol. The highest BCUT2D eigenvalue weighted by atomic mass is 32.1. The minimum atomic E-state index is 0.399. The number of aryl methyl sites for hydroxylation is 1. The molecule has 3 nitrogen and oxygen atoms in total. The molecule has 0 aliphatic heterocycles. The van der Waals surface area contributed by atoms with Crippen molar-refractivity contribution in [3.8, 4) is 0 Å². The molecule has 16 heavy (non-hydrogen) atoms. The summed E-state index contributed by atoms with van der Waals surface area (Å²) < 4.78 is 0. The van der Waals surface area contributed by atoms with Crippen LogP contribution < -0.4 is 11.3 Å². The Balaban J connectivity index is 1.95. The van der Waals surface area contributed by atoms with E-state index in [1.165, 1.54) is 24.3 Å². The number of thiazole rings is 1. The van der Waals surface area contributed by atoms with Gasteiger partial charge in [0.15, 0.2) is 0 Å². The Morgan fingerprint density at radius 3 is 2.94 bits per heavy atom. The van der Waals surface area contributed by atoms with Crippen molar-refractivity contribution in [3.05, 3.63) is 16.1 Å². The van der Waals surface area contributed by atoms with E-state index in [1.54, 1.807) is 11.3 Å². The third-order valence-electron chi connectivity index (χ3n) is 3.58. The van der Waals surface area contributed by atoms with E-state index in [2.05, 4.69) is 22.7 Å². The summed E-state index contributed by atoms with van der Waals surface area (Å²) in [4.78, 5) is 4.51. The second-order valence-electron chi connectivity index (χ2n) is 5.04. The number of hydrogen-bond donors (Lipinski definition) is 2. The minimum Gasteiger partial charge on any atom is -0.271 e. The fourth-order valence-electron chi connectivity index (χ4n) is 2.66. The van der Waals surface area contributed by atoms with Crippen LogP contribution in [0.25, 0.3) is 0 Å². The predicted octanol–water partition coefficient (Wildman–Crippen LogP) is 2.26. The molecule has 3 atom stereocenters. The largest absolute Gasteiger partial charge is 0.271 e. The SMILES string of the molecule is Cc1csc(CC(NN)C2CCC(C)C2)n1. The lowest BCUT2D eigenvalue weighted by molar-refractivity contribution is 0.352. The van der Waals surface area contributed by atoms with E-state index in [0.29, 0.717) is 6.04 Å². The number of nitrogens with zero attached hydrogens (tertiary/aromatic N) is 1. The molecule has 1 aliphatic carbocycles. The molecule has 3 N–H and O–H groups in total. The van der Waals surface area contributed by atoms with Gasteiger partial charge in [0.2, 0.25) is 0 Å². The van der Waals surface area contributed by atoms with E-state index >= 15 is 0 Å². The molecule has 2 rings (SSSR count). The molecule has 0 radical (unpaired) electrons. The van der Waals surface area contributed by atoms with Gasteiger partial charge in [-0.25, -0.2) is 4.98 Å². The molecule has 3 unspecified atom stereocenters. The average Bonchev–Trinajstić information content (AvgIpc) is 2.84. The van der Waals surface area contributed by atoms with Crippen LogP contribution in [0.5, 0.6) is 0 Å². The van der Waals surface area contributed by atoms with Gasteiger partial charge in [0.1, 0.15) is 0 Å². The summed E-state index contributed by atoms with van der Waals surface area (Å²) in [7, 11) is 0. The van der Waals surface area contributed by atoms with E-state index in [0.717, 1.165) is 24.0 Å². The molecule has 0 saturated heterocycles. The van der Waals surface area contributed by atoms with E-state index in [9.17, 15) is 0 Å². The van der Waals surface area contributed by atoms with Crippen LogP contribution >= 0.6 is 11.3 Å². The number of rotatable bonds is 4. The maximum absolute atomic E-state index is 5.68. The first-order chi connectivity index (χ1) is 7.69. The molecule has 90 valence electrons. The van der Waals surface area contributed by atoms with Crippen molar-refractivity contribution in [1.29, 1.82) is 0 Å². The normalized spacial score (nSPS) is 27.2. The van der Waals surface area contributed by atoms with Crippen LogP contribution in [0.15, 0.2) is 5.38 Å². The lowest BCUT2D eigenvalue weighted by Gasteiger charge is -2.21. The summed E-state index contributed by atoms with van der Waals surface area (Å²) in [5, 5.41) is 3.32. The topological polar surface area (TPSA) is 50.9 Å². The maximum Gasteiger partial charge on any atom is 0.0944 e. The van der Waals surface area contributed by atoms with Gasteiger partial charge < -0.3 is 0 Å². The van der Waals surface area contributed by atoms with E-state index in [4.69, 9.17) is 5.84 Å². The molecule has 1 aromatic heterocycles. The summed E-state index contributed by atoms with van der Waals surface area (Å²) in [6, 6.07) is 0.399. The Labute approximate surface area is 101 Å². The van der Waals surface area contributed by atoms with Crippen LogP contribution in [0.4, 0.5) is 0 Å². The van der Waals surface area contributed by atoms with Crippen LogP contribution in [0.3, 0.4) is 0 Å². The van der Waals surface area contributed by atoms with Crippen LogP contribution in [-0.2, 0) is 6.42 Å². The Bertz CT molecular complexity index is 337. The Hall–Kier alpha value is -0.450. The summed E-state index contributed by atoms with van der Waals surface area (Å²) >= 11 is 1.75. The average molecular weight is 239 g/mol. The number of hydrazine groups is 1. The highest BCUT2D eigenvalue weighted by molar-refractivity contribution is 7.09. The van der Waals surface area contributed by atoms with E-state index < -0.39 is 0 Å². The number of hydrogen-bond acceptors (Lipinski definition) is 4. The second kappa shape index (κ2) is 5.25. The monoisotopic (exact) mass is 239 g/mol. The van der Waals surface area contributed by atoms with Gasteiger partial charge in [0.25, 0.3) is 0 Å². The van der Waals surface area contributed by atoms with Gasteiger partial charge in [-0.05, 0) is 31.6 Å². The molecule has 0 spiro atoms. The molecular formula is C12H21N3S. The Morgan fingerprint density at radius 2 is 2.44 bits per heavy atom. The molecule has 0 amide bonds. The van der Waals surface area contributed by atoms with Crippen molar-refractivity contribution in [1.82, 2.24) is 10.4 Å². The molecule has 1 saturated carbocycles. The summed E-state index contributed by atoms with van der Waals surface area (Å²) in [6.07, 6.45) is 4.94. The van der Waals surface area contributed by atoms with Crippen molar-refractivity contribution in [2.45, 2.75) is 45.6 Å². The lowest BCUT2D eigenvalue weighted by Crippen LogP contribution is -2.41. The molecular weight excluding hydrogens is 218 g/mol. The van der Waals surface area contributed by atoms with Gasteiger partial charge in [0.05, 0.1) is 5.01 Å². The van der Waals surface area contributed by atoms with Gasteiger partial charge in [0, 0.05) is 23.5 Å². The molecule has 0 aromatic carbocycles. The fourth-order valence-corrected chi connectivity index (χ4v) is 3.49. The van der Waals surface area contributed by atoms with E-state index in [1.807, 2.05) is 6.92 Å². The molecule has 1 heterocycles. The van der Waals surface area contributed by atoms with Crippen LogP contribution in [0.2, 0.25) is 0 Å². The molecule has 1 aromatic rings. The van der Waals surface area contributed by atoms with Crippen molar-refractivity contribution in [2.75, 3.05) is 0 Å². The number of nitrogens with two attached hydrogens (primary N) is 1. The first-order valence-electron chi connectivity index (χ1n) is 6.06. The minimum absolute atomic E-state index is 0.399. The quantitative estimate of drug-likeness (QED) is 0.626. The summed E-state index contributed by atoms with van der Waals surface area (Å²) in [6.45, 7) is 4.38. The molecule has 1 fully saturated rings. The third-order valence-corrected chi connectivity index (χ3v) is 4.57.